The zero-order valence-corrected chi connectivity index (χ0v) is 21.9. The summed E-state index contributed by atoms with van der Waals surface area (Å²) in [6.07, 6.45) is 13.4. The van der Waals surface area contributed by atoms with Crippen LogP contribution in [0, 0.1) is 11.6 Å². The fourth-order valence-corrected chi connectivity index (χ4v) is 3.80. The van der Waals surface area contributed by atoms with Crippen LogP contribution in [-0.4, -0.2) is 47.1 Å². The third kappa shape index (κ3) is 9.67. The van der Waals surface area contributed by atoms with Crippen molar-refractivity contribution in [3.8, 4) is 11.3 Å². The van der Waals surface area contributed by atoms with Crippen LogP contribution in [0.5, 0.6) is 0 Å². The van der Waals surface area contributed by atoms with E-state index < -0.39 is 18.8 Å². The summed E-state index contributed by atoms with van der Waals surface area (Å²) in [7, 11) is -1.39. The van der Waals surface area contributed by atoms with Crippen molar-refractivity contribution in [1.29, 1.82) is 0 Å². The van der Waals surface area contributed by atoms with Crippen LogP contribution in [0.2, 0.25) is 15.7 Å². The van der Waals surface area contributed by atoms with Crippen molar-refractivity contribution < 1.29 is 18.8 Å². The van der Waals surface area contributed by atoms with Crippen LogP contribution in [0.1, 0.15) is 63.5 Å². The first-order valence-corrected chi connectivity index (χ1v) is 12.6. The highest BCUT2D eigenvalue weighted by atomic mass is 35.5. The van der Waals surface area contributed by atoms with Gasteiger partial charge in [0.1, 0.15) is 5.69 Å². The minimum atomic E-state index is -1.39. The summed E-state index contributed by atoms with van der Waals surface area (Å²) in [5.41, 5.74) is 3.60. The Labute approximate surface area is 247 Å². The molecule has 0 saturated heterocycles. The second-order valence-corrected chi connectivity index (χ2v) is 9.63. The van der Waals surface area contributed by atoms with Gasteiger partial charge in [0.25, 0.3) is 0 Å². The first-order valence-electron chi connectivity index (χ1n) is 11.5. The minimum Gasteiger partial charge on any atom is -0.423 e. The second kappa shape index (κ2) is 15.3. The van der Waals surface area contributed by atoms with E-state index in [1.807, 2.05) is 18.3 Å². The molecule has 0 amide bonds. The molecule has 0 bridgehead atoms. The lowest BCUT2D eigenvalue weighted by molar-refractivity contribution is 0.425. The summed E-state index contributed by atoms with van der Waals surface area (Å²) < 4.78 is 25.8. The maximum atomic E-state index is 13.6. The lowest BCUT2D eigenvalue weighted by Crippen LogP contribution is -2.30. The number of rotatable bonds is 4. The molecule has 4 aromatic heterocycles. The normalized spacial score (nSPS) is 13.4. The molecular weight excluding hydrogens is 583 g/mol. The summed E-state index contributed by atoms with van der Waals surface area (Å²) in [5.74, 6) is 0.0317. The first-order chi connectivity index (χ1) is 18.2. The van der Waals surface area contributed by atoms with Crippen molar-refractivity contribution in [3.05, 3.63) is 87.8 Å². The summed E-state index contributed by atoms with van der Waals surface area (Å²) in [6.45, 7) is 0. The number of aromatic nitrogens is 6. The topological polar surface area (TPSA) is 118 Å². The van der Waals surface area contributed by atoms with Gasteiger partial charge in [0.2, 0.25) is 10.6 Å². The van der Waals surface area contributed by atoms with Crippen LogP contribution in [0.15, 0.2) is 49.3 Å². The van der Waals surface area contributed by atoms with Gasteiger partial charge in [-0.15, -0.1) is 0 Å². The molecule has 0 aliphatic heterocycles. The average Bonchev–Trinajstić information content (AvgIpc) is 3.82. The SMILES string of the molecule is C.C.Fc1cnc(Cl)nc1-c1cncc(C2CC2)c1.Fc1cnc(Cl)nc1Cl.OB(O)c1cncc(C2CC2)c1. The van der Waals surface area contributed by atoms with Crippen LogP contribution in [0.25, 0.3) is 11.3 Å². The van der Waals surface area contributed by atoms with Crippen molar-refractivity contribution >= 4 is 47.4 Å². The molecule has 6 rings (SSSR count). The molecular formula is C26H28BCl3F2N6O2. The van der Waals surface area contributed by atoms with E-state index in [2.05, 4.69) is 29.9 Å². The zero-order chi connectivity index (χ0) is 27.2. The van der Waals surface area contributed by atoms with Gasteiger partial charge in [-0.05, 0) is 77.9 Å². The van der Waals surface area contributed by atoms with Gasteiger partial charge in [-0.1, -0.05) is 32.5 Å². The van der Waals surface area contributed by atoms with E-state index in [1.54, 1.807) is 12.4 Å². The van der Waals surface area contributed by atoms with Crippen LogP contribution >= 0.6 is 34.8 Å². The Bertz CT molecular complexity index is 1400. The molecule has 2 aliphatic carbocycles. The Morgan fingerprint density at radius 3 is 1.75 bits per heavy atom. The number of pyridine rings is 2. The number of nitrogens with zero attached hydrogens (tertiary/aromatic N) is 6. The monoisotopic (exact) mass is 610 g/mol. The van der Waals surface area contributed by atoms with Crippen LogP contribution in [-0.2, 0) is 0 Å². The zero-order valence-electron chi connectivity index (χ0n) is 19.6. The molecule has 0 unspecified atom stereocenters. The highest BCUT2D eigenvalue weighted by Gasteiger charge is 2.25. The quantitative estimate of drug-likeness (QED) is 0.163. The number of halogens is 5. The van der Waals surface area contributed by atoms with Crippen molar-refractivity contribution in [1.82, 2.24) is 29.9 Å². The van der Waals surface area contributed by atoms with Crippen molar-refractivity contribution in [2.45, 2.75) is 52.4 Å². The molecule has 14 heteroatoms. The van der Waals surface area contributed by atoms with Crippen LogP contribution in [0.4, 0.5) is 8.78 Å². The Kier molecular flexibility index (Phi) is 12.7. The minimum absolute atomic E-state index is 0. The number of hydrogen-bond acceptors (Lipinski definition) is 8. The lowest BCUT2D eigenvalue weighted by atomic mass is 9.81. The van der Waals surface area contributed by atoms with E-state index in [0.717, 1.165) is 23.5 Å². The Morgan fingerprint density at radius 1 is 0.700 bits per heavy atom. The maximum absolute atomic E-state index is 13.6. The largest absolute Gasteiger partial charge is 0.490 e. The van der Waals surface area contributed by atoms with E-state index >= 15 is 0 Å². The molecule has 2 fully saturated rings. The predicted molar refractivity (Wildman–Crippen MR) is 154 cm³/mol. The van der Waals surface area contributed by atoms with Gasteiger partial charge in [-0.25, -0.2) is 28.7 Å². The van der Waals surface area contributed by atoms with Crippen molar-refractivity contribution in [3.63, 3.8) is 0 Å². The van der Waals surface area contributed by atoms with Crippen molar-refractivity contribution in [2.24, 2.45) is 0 Å². The summed E-state index contributed by atoms with van der Waals surface area (Å²) in [6, 6.07) is 3.74. The van der Waals surface area contributed by atoms with Gasteiger partial charge in [-0.2, -0.15) is 0 Å². The average molecular weight is 612 g/mol. The Hall–Kier alpha value is -2.83. The van der Waals surface area contributed by atoms with E-state index in [9.17, 15) is 8.78 Å². The van der Waals surface area contributed by atoms with Gasteiger partial charge in [0.05, 0.1) is 12.4 Å². The highest BCUT2D eigenvalue weighted by molar-refractivity contribution is 6.58. The predicted octanol–water partition coefficient (Wildman–Crippen LogP) is 6.04. The Balaban J connectivity index is 0.000000216. The van der Waals surface area contributed by atoms with E-state index in [-0.39, 0.29) is 36.3 Å². The molecule has 0 spiro atoms. The fourth-order valence-electron chi connectivity index (χ4n) is 3.36. The number of hydrogen-bond donors (Lipinski definition) is 2. The van der Waals surface area contributed by atoms with E-state index in [4.69, 9.17) is 44.9 Å². The van der Waals surface area contributed by atoms with E-state index in [0.29, 0.717) is 22.9 Å². The van der Waals surface area contributed by atoms with Gasteiger partial charge in [-0.3, -0.25) is 9.97 Å². The molecule has 4 aromatic rings. The van der Waals surface area contributed by atoms with E-state index in [1.165, 1.54) is 31.9 Å². The van der Waals surface area contributed by atoms with Gasteiger partial charge >= 0.3 is 7.12 Å². The summed E-state index contributed by atoms with van der Waals surface area (Å²) >= 11 is 16.1. The Morgan fingerprint density at radius 2 is 1.23 bits per heavy atom. The smallest absolute Gasteiger partial charge is 0.423 e. The van der Waals surface area contributed by atoms with Gasteiger partial charge < -0.3 is 10.0 Å². The molecule has 212 valence electrons. The molecule has 2 aliphatic rings. The second-order valence-electron chi connectivity index (χ2n) is 8.59. The summed E-state index contributed by atoms with van der Waals surface area (Å²) in [4.78, 5) is 22.2. The molecule has 8 nitrogen and oxygen atoms in total. The first kappa shape index (κ1) is 33.4. The summed E-state index contributed by atoms with van der Waals surface area (Å²) in [5, 5.41) is 17.5. The third-order valence-electron chi connectivity index (χ3n) is 5.60. The standard InChI is InChI=1S/C12H9ClFN3.C8H10BNO2.C4HCl2FN2.2CH4/c13-12-16-6-10(14)11(17-12)9-3-8(4-15-5-9)7-1-2-7;11-9(12)8-3-7(4-10-5-8)6-1-2-6;5-3-2(7)1-8-4(6)9-3;;/h3-7H,1-2H2;3-6,11-12H,1-2H2;1H;2*1H4. The molecule has 4 heterocycles. The fraction of sp³-hybridized carbons (Fsp3) is 0.308. The van der Waals surface area contributed by atoms with Crippen LogP contribution in [0.3, 0.4) is 0 Å². The molecule has 0 atom stereocenters. The molecule has 40 heavy (non-hydrogen) atoms. The molecule has 2 saturated carbocycles. The lowest BCUT2D eigenvalue weighted by Gasteiger charge is -2.04. The maximum Gasteiger partial charge on any atom is 0.490 e. The third-order valence-corrected chi connectivity index (χ3v) is 6.22. The molecule has 0 radical (unpaired) electrons. The van der Waals surface area contributed by atoms with Gasteiger partial charge in [0.15, 0.2) is 16.8 Å². The molecule has 0 aromatic carbocycles. The highest BCUT2D eigenvalue weighted by Crippen LogP contribution is 2.41. The van der Waals surface area contributed by atoms with Crippen LogP contribution < -0.4 is 5.46 Å². The van der Waals surface area contributed by atoms with Crippen molar-refractivity contribution in [2.75, 3.05) is 0 Å². The molecule has 2 N–H and O–H groups in total. The van der Waals surface area contributed by atoms with Gasteiger partial charge in [0, 0.05) is 35.8 Å².